The second-order valence-corrected chi connectivity index (χ2v) is 6.04. The number of benzene rings is 1. The molecule has 3 rings (SSSR count). The maximum atomic E-state index is 4.25. The molecular formula is C15H18BrN3. The van der Waals surface area contributed by atoms with E-state index >= 15 is 0 Å². The lowest BCUT2D eigenvalue weighted by Crippen LogP contribution is -2.15. The number of nitrogens with one attached hydrogen (secondary N) is 1. The van der Waals surface area contributed by atoms with E-state index in [-0.39, 0.29) is 0 Å². The zero-order chi connectivity index (χ0) is 13.2. The van der Waals surface area contributed by atoms with Gasteiger partial charge in [0.2, 0.25) is 0 Å². The predicted octanol–water partition coefficient (Wildman–Crippen LogP) is 3.25. The first-order valence-electron chi connectivity index (χ1n) is 6.71. The smallest absolute Gasteiger partial charge is 0.105 e. The van der Waals surface area contributed by atoms with Gasteiger partial charge >= 0.3 is 0 Å². The highest BCUT2D eigenvalue weighted by Crippen LogP contribution is 2.22. The third kappa shape index (κ3) is 3.25. The van der Waals surface area contributed by atoms with E-state index in [0.717, 1.165) is 25.0 Å². The summed E-state index contributed by atoms with van der Waals surface area (Å²) in [5.41, 5.74) is 2.63. The molecule has 0 radical (unpaired) electrons. The van der Waals surface area contributed by atoms with Gasteiger partial charge in [-0.1, -0.05) is 28.1 Å². The van der Waals surface area contributed by atoms with Gasteiger partial charge in [0.15, 0.2) is 0 Å². The molecular weight excluding hydrogens is 302 g/mol. The van der Waals surface area contributed by atoms with Crippen LogP contribution < -0.4 is 5.32 Å². The number of aromatic nitrogens is 2. The Bertz CT molecular complexity index is 573. The minimum Gasteiger partial charge on any atom is -0.331 e. The third-order valence-corrected chi connectivity index (χ3v) is 4.29. The van der Waals surface area contributed by atoms with Gasteiger partial charge in [-0.3, -0.25) is 0 Å². The van der Waals surface area contributed by atoms with Crippen LogP contribution in [0.2, 0.25) is 0 Å². The molecule has 0 bridgehead atoms. The van der Waals surface area contributed by atoms with Crippen LogP contribution in [0.15, 0.2) is 35.1 Å². The molecule has 1 aromatic carbocycles. The number of imidazole rings is 1. The van der Waals surface area contributed by atoms with Crippen LogP contribution in [0.5, 0.6) is 0 Å². The van der Waals surface area contributed by atoms with Crippen LogP contribution >= 0.6 is 15.9 Å². The van der Waals surface area contributed by atoms with E-state index in [4.69, 9.17) is 0 Å². The van der Waals surface area contributed by atoms with E-state index in [2.05, 4.69) is 49.0 Å². The molecule has 1 saturated carbocycles. The van der Waals surface area contributed by atoms with Crippen molar-refractivity contribution in [1.29, 1.82) is 0 Å². The van der Waals surface area contributed by atoms with E-state index in [1.807, 2.05) is 19.3 Å². The molecule has 0 aliphatic heterocycles. The SMILES string of the molecule is Cc1nccn1Cc1ccc(CNC2CC2)cc1Br. The van der Waals surface area contributed by atoms with Crippen molar-refractivity contribution in [3.8, 4) is 0 Å². The number of aryl methyl sites for hydroxylation is 1. The Balaban J connectivity index is 1.70. The van der Waals surface area contributed by atoms with Crippen LogP contribution in [0, 0.1) is 6.92 Å². The maximum absolute atomic E-state index is 4.25. The summed E-state index contributed by atoms with van der Waals surface area (Å²) in [5.74, 6) is 1.05. The number of rotatable bonds is 5. The van der Waals surface area contributed by atoms with Crippen molar-refractivity contribution in [3.63, 3.8) is 0 Å². The molecule has 4 heteroatoms. The van der Waals surface area contributed by atoms with Gasteiger partial charge in [-0.25, -0.2) is 4.98 Å². The van der Waals surface area contributed by atoms with Crippen molar-refractivity contribution < 1.29 is 0 Å². The normalized spacial score (nSPS) is 14.8. The molecule has 0 unspecified atom stereocenters. The van der Waals surface area contributed by atoms with Crippen LogP contribution in [0.1, 0.15) is 29.8 Å². The van der Waals surface area contributed by atoms with Gasteiger partial charge in [0.1, 0.15) is 5.82 Å². The Morgan fingerprint density at radius 3 is 2.89 bits per heavy atom. The Labute approximate surface area is 122 Å². The topological polar surface area (TPSA) is 29.9 Å². The summed E-state index contributed by atoms with van der Waals surface area (Å²) >= 11 is 3.68. The first-order chi connectivity index (χ1) is 9.22. The average Bonchev–Trinajstić information content (AvgIpc) is 3.14. The van der Waals surface area contributed by atoms with Gasteiger partial charge in [0.05, 0.1) is 0 Å². The standard InChI is InChI=1S/C15H18BrN3/c1-11-17-6-7-19(11)10-13-3-2-12(8-15(13)16)9-18-14-4-5-14/h2-3,6-8,14,18H,4-5,9-10H2,1H3. The monoisotopic (exact) mass is 319 g/mol. The molecule has 1 N–H and O–H groups in total. The minimum absolute atomic E-state index is 0.757. The van der Waals surface area contributed by atoms with Gasteiger partial charge in [-0.15, -0.1) is 0 Å². The molecule has 1 fully saturated rings. The molecule has 1 aliphatic rings. The van der Waals surface area contributed by atoms with E-state index < -0.39 is 0 Å². The Morgan fingerprint density at radius 2 is 2.26 bits per heavy atom. The van der Waals surface area contributed by atoms with Crippen molar-refractivity contribution in [2.45, 2.75) is 38.9 Å². The van der Waals surface area contributed by atoms with Crippen LogP contribution in [-0.2, 0) is 13.1 Å². The number of halogens is 1. The highest BCUT2D eigenvalue weighted by atomic mass is 79.9. The van der Waals surface area contributed by atoms with E-state index in [1.165, 1.54) is 28.4 Å². The molecule has 2 aromatic rings. The molecule has 0 spiro atoms. The summed E-state index contributed by atoms with van der Waals surface area (Å²) < 4.78 is 3.33. The largest absolute Gasteiger partial charge is 0.331 e. The second kappa shape index (κ2) is 5.47. The van der Waals surface area contributed by atoms with Crippen molar-refractivity contribution in [3.05, 3.63) is 52.0 Å². The van der Waals surface area contributed by atoms with Crippen molar-refractivity contribution in [2.75, 3.05) is 0 Å². The Hall–Kier alpha value is -1.13. The fourth-order valence-corrected chi connectivity index (χ4v) is 2.68. The lowest BCUT2D eigenvalue weighted by Gasteiger charge is -2.10. The molecule has 0 amide bonds. The summed E-state index contributed by atoms with van der Waals surface area (Å²) in [6.45, 7) is 3.86. The average molecular weight is 320 g/mol. The number of nitrogens with zero attached hydrogens (tertiary/aromatic N) is 2. The number of hydrogen-bond donors (Lipinski definition) is 1. The van der Waals surface area contributed by atoms with Crippen LogP contribution in [0.4, 0.5) is 0 Å². The number of hydrogen-bond acceptors (Lipinski definition) is 2. The molecule has 19 heavy (non-hydrogen) atoms. The zero-order valence-electron chi connectivity index (χ0n) is 11.1. The zero-order valence-corrected chi connectivity index (χ0v) is 12.7. The molecule has 0 saturated heterocycles. The first-order valence-corrected chi connectivity index (χ1v) is 7.50. The fraction of sp³-hybridized carbons (Fsp3) is 0.400. The molecule has 1 aromatic heterocycles. The Kier molecular flexibility index (Phi) is 3.71. The van der Waals surface area contributed by atoms with Gasteiger partial charge in [-0.2, -0.15) is 0 Å². The lowest BCUT2D eigenvalue weighted by molar-refractivity contribution is 0.686. The first kappa shape index (κ1) is 12.9. The van der Waals surface area contributed by atoms with Gasteiger partial charge < -0.3 is 9.88 Å². The van der Waals surface area contributed by atoms with E-state index in [9.17, 15) is 0 Å². The van der Waals surface area contributed by atoms with E-state index in [1.54, 1.807) is 0 Å². The molecule has 1 heterocycles. The summed E-state index contributed by atoms with van der Waals surface area (Å²) in [5, 5.41) is 3.54. The van der Waals surface area contributed by atoms with Crippen LogP contribution in [0.3, 0.4) is 0 Å². The van der Waals surface area contributed by atoms with Gasteiger partial charge in [-0.05, 0) is 37.0 Å². The molecule has 1 aliphatic carbocycles. The predicted molar refractivity (Wildman–Crippen MR) is 80.1 cm³/mol. The summed E-state index contributed by atoms with van der Waals surface area (Å²) in [4.78, 5) is 4.25. The third-order valence-electron chi connectivity index (χ3n) is 3.55. The summed E-state index contributed by atoms with van der Waals surface area (Å²) in [6.07, 6.45) is 6.53. The summed E-state index contributed by atoms with van der Waals surface area (Å²) in [7, 11) is 0. The second-order valence-electron chi connectivity index (χ2n) is 5.18. The summed E-state index contributed by atoms with van der Waals surface area (Å²) in [6, 6.07) is 7.39. The minimum atomic E-state index is 0.757. The van der Waals surface area contributed by atoms with Crippen LogP contribution in [-0.4, -0.2) is 15.6 Å². The molecule has 3 nitrogen and oxygen atoms in total. The van der Waals surface area contributed by atoms with Crippen molar-refractivity contribution >= 4 is 15.9 Å². The fourth-order valence-electron chi connectivity index (χ4n) is 2.13. The molecule has 100 valence electrons. The quantitative estimate of drug-likeness (QED) is 0.916. The van der Waals surface area contributed by atoms with E-state index in [0.29, 0.717) is 0 Å². The molecule has 0 atom stereocenters. The lowest BCUT2D eigenvalue weighted by atomic mass is 10.1. The van der Waals surface area contributed by atoms with Crippen molar-refractivity contribution in [2.24, 2.45) is 0 Å². The van der Waals surface area contributed by atoms with Crippen LogP contribution in [0.25, 0.3) is 0 Å². The highest BCUT2D eigenvalue weighted by molar-refractivity contribution is 9.10. The highest BCUT2D eigenvalue weighted by Gasteiger charge is 2.19. The van der Waals surface area contributed by atoms with Gasteiger partial charge in [0.25, 0.3) is 0 Å². The maximum Gasteiger partial charge on any atom is 0.105 e. The van der Waals surface area contributed by atoms with Crippen molar-refractivity contribution in [1.82, 2.24) is 14.9 Å². The van der Waals surface area contributed by atoms with Gasteiger partial charge in [0, 0.05) is 36.0 Å². The Morgan fingerprint density at radius 1 is 1.42 bits per heavy atom.